The monoisotopic (exact) mass is 546 g/mol. The van der Waals surface area contributed by atoms with Crippen LogP contribution < -0.4 is 20.1 Å². The van der Waals surface area contributed by atoms with Gasteiger partial charge >= 0.3 is 0 Å². The molecule has 1 aromatic carbocycles. The number of para-hydroxylation sites is 1. The van der Waals surface area contributed by atoms with Gasteiger partial charge in [-0.1, -0.05) is 12.1 Å². The lowest BCUT2D eigenvalue weighted by Gasteiger charge is -2.26. The highest BCUT2D eigenvalue weighted by Gasteiger charge is 2.20. The summed E-state index contributed by atoms with van der Waals surface area (Å²) in [6.45, 7) is 9.23. The average molecular weight is 546 g/mol. The minimum Gasteiger partial charge on any atom is -0.493 e. The molecule has 0 bridgehead atoms. The van der Waals surface area contributed by atoms with E-state index >= 15 is 0 Å². The Balaban J connectivity index is 0.00000341. The van der Waals surface area contributed by atoms with Crippen LogP contribution in [0.5, 0.6) is 11.5 Å². The van der Waals surface area contributed by atoms with Crippen LogP contribution in [-0.2, 0) is 11.3 Å². The first-order valence-corrected chi connectivity index (χ1v) is 11.4. The van der Waals surface area contributed by atoms with Crippen LogP contribution in [0.2, 0.25) is 0 Å². The minimum atomic E-state index is 0. The quantitative estimate of drug-likeness (QED) is 0.203. The summed E-state index contributed by atoms with van der Waals surface area (Å²) in [6, 6.07) is 6.05. The molecule has 0 atom stereocenters. The molecule has 3 rings (SSSR count). The number of ether oxygens (including phenoxy) is 3. The molecule has 31 heavy (non-hydrogen) atoms. The van der Waals surface area contributed by atoms with Crippen LogP contribution in [0.25, 0.3) is 0 Å². The lowest BCUT2D eigenvalue weighted by atomic mass is 10.1. The second-order valence-corrected chi connectivity index (χ2v) is 7.90. The Labute approximate surface area is 204 Å². The molecule has 1 saturated heterocycles. The van der Waals surface area contributed by atoms with Crippen molar-refractivity contribution in [3.8, 4) is 11.5 Å². The molecule has 1 saturated carbocycles. The van der Waals surface area contributed by atoms with Crippen LogP contribution in [0.4, 0.5) is 0 Å². The second kappa shape index (κ2) is 14.7. The Morgan fingerprint density at radius 3 is 2.68 bits per heavy atom. The van der Waals surface area contributed by atoms with E-state index in [1.54, 1.807) is 7.11 Å². The van der Waals surface area contributed by atoms with E-state index in [2.05, 4.69) is 28.5 Å². The van der Waals surface area contributed by atoms with Gasteiger partial charge in [-0.15, -0.1) is 24.0 Å². The van der Waals surface area contributed by atoms with E-state index in [9.17, 15) is 0 Å². The minimum absolute atomic E-state index is 0. The van der Waals surface area contributed by atoms with Gasteiger partial charge in [-0.3, -0.25) is 4.90 Å². The fourth-order valence-electron chi connectivity index (χ4n) is 3.99. The Morgan fingerprint density at radius 1 is 1.19 bits per heavy atom. The highest BCUT2D eigenvalue weighted by molar-refractivity contribution is 14.0. The molecule has 0 unspecified atom stereocenters. The molecular formula is C23H39IN4O3. The van der Waals surface area contributed by atoms with Crippen molar-refractivity contribution in [1.29, 1.82) is 0 Å². The van der Waals surface area contributed by atoms with Crippen LogP contribution in [0.15, 0.2) is 23.2 Å². The highest BCUT2D eigenvalue weighted by atomic mass is 127. The topological polar surface area (TPSA) is 67.4 Å². The number of nitrogens with one attached hydrogen (secondary N) is 2. The maximum absolute atomic E-state index is 6.34. The van der Waals surface area contributed by atoms with E-state index in [1.165, 1.54) is 12.8 Å². The number of methoxy groups -OCH3 is 1. The Bertz CT molecular complexity index is 662. The molecule has 1 aliphatic heterocycles. The Morgan fingerprint density at radius 2 is 1.97 bits per heavy atom. The molecule has 0 radical (unpaired) electrons. The van der Waals surface area contributed by atoms with Gasteiger partial charge in [0.25, 0.3) is 0 Å². The van der Waals surface area contributed by atoms with E-state index < -0.39 is 0 Å². The normalized spacial score (nSPS) is 17.8. The van der Waals surface area contributed by atoms with E-state index in [0.717, 1.165) is 88.2 Å². The largest absolute Gasteiger partial charge is 0.493 e. The smallest absolute Gasteiger partial charge is 0.191 e. The molecule has 1 aromatic rings. The summed E-state index contributed by atoms with van der Waals surface area (Å²) in [5.74, 6) is 2.48. The lowest BCUT2D eigenvalue weighted by Crippen LogP contribution is -2.40. The third-order valence-corrected chi connectivity index (χ3v) is 5.67. The number of halogens is 1. The lowest BCUT2D eigenvalue weighted by molar-refractivity contribution is 0.0376. The SMILES string of the molecule is CCNC(=NCc1cccc(OC)c1OC1CCCC1)NCCCN1CCOCC1.I. The van der Waals surface area contributed by atoms with Crippen LogP contribution in [0.1, 0.15) is 44.6 Å². The summed E-state index contributed by atoms with van der Waals surface area (Å²) >= 11 is 0. The van der Waals surface area contributed by atoms with Crippen molar-refractivity contribution in [3.05, 3.63) is 23.8 Å². The first-order chi connectivity index (χ1) is 14.8. The second-order valence-electron chi connectivity index (χ2n) is 7.90. The zero-order valence-electron chi connectivity index (χ0n) is 19.0. The predicted octanol–water partition coefficient (Wildman–Crippen LogP) is 3.41. The van der Waals surface area contributed by atoms with Crippen molar-refractivity contribution in [3.63, 3.8) is 0 Å². The van der Waals surface area contributed by atoms with Gasteiger partial charge in [-0.25, -0.2) is 4.99 Å². The zero-order chi connectivity index (χ0) is 21.0. The van der Waals surface area contributed by atoms with Crippen LogP contribution in [-0.4, -0.2) is 70.0 Å². The zero-order valence-corrected chi connectivity index (χ0v) is 21.4. The number of guanidine groups is 1. The van der Waals surface area contributed by atoms with Gasteiger partial charge in [0.15, 0.2) is 17.5 Å². The summed E-state index contributed by atoms with van der Waals surface area (Å²) in [5.41, 5.74) is 1.06. The van der Waals surface area contributed by atoms with Crippen LogP contribution in [0.3, 0.4) is 0 Å². The fraction of sp³-hybridized carbons (Fsp3) is 0.696. The molecule has 7 nitrogen and oxygen atoms in total. The average Bonchev–Trinajstić information content (AvgIpc) is 3.29. The maximum Gasteiger partial charge on any atom is 0.191 e. The van der Waals surface area contributed by atoms with Gasteiger partial charge in [0.2, 0.25) is 0 Å². The van der Waals surface area contributed by atoms with Gasteiger partial charge in [0, 0.05) is 31.7 Å². The molecule has 1 aliphatic carbocycles. The van der Waals surface area contributed by atoms with Gasteiger partial charge in [-0.05, 0) is 51.6 Å². The van der Waals surface area contributed by atoms with Crippen molar-refractivity contribution in [2.24, 2.45) is 4.99 Å². The van der Waals surface area contributed by atoms with Crippen molar-refractivity contribution < 1.29 is 14.2 Å². The van der Waals surface area contributed by atoms with Gasteiger partial charge in [-0.2, -0.15) is 0 Å². The van der Waals surface area contributed by atoms with Gasteiger partial charge in [0.1, 0.15) is 0 Å². The molecular weight excluding hydrogens is 507 g/mol. The Kier molecular flexibility index (Phi) is 12.4. The van der Waals surface area contributed by atoms with E-state index in [4.69, 9.17) is 19.2 Å². The summed E-state index contributed by atoms with van der Waals surface area (Å²) in [7, 11) is 1.70. The summed E-state index contributed by atoms with van der Waals surface area (Å²) in [5, 5.41) is 6.81. The number of rotatable bonds is 10. The predicted molar refractivity (Wildman–Crippen MR) is 136 cm³/mol. The number of hydrogen-bond donors (Lipinski definition) is 2. The van der Waals surface area contributed by atoms with E-state index in [1.807, 2.05) is 12.1 Å². The van der Waals surface area contributed by atoms with E-state index in [-0.39, 0.29) is 30.1 Å². The molecule has 2 aliphatic rings. The third-order valence-electron chi connectivity index (χ3n) is 5.67. The third kappa shape index (κ3) is 8.65. The molecule has 1 heterocycles. The fourth-order valence-corrected chi connectivity index (χ4v) is 3.99. The molecule has 2 N–H and O–H groups in total. The van der Waals surface area contributed by atoms with Gasteiger partial charge < -0.3 is 24.8 Å². The summed E-state index contributed by atoms with van der Waals surface area (Å²) in [6.07, 6.45) is 6.09. The summed E-state index contributed by atoms with van der Waals surface area (Å²) < 4.78 is 17.3. The highest BCUT2D eigenvalue weighted by Crippen LogP contribution is 2.35. The van der Waals surface area contributed by atoms with Crippen LogP contribution >= 0.6 is 24.0 Å². The molecule has 2 fully saturated rings. The molecule has 0 amide bonds. The first kappa shape index (κ1) is 26.0. The van der Waals surface area contributed by atoms with Crippen LogP contribution in [0, 0.1) is 0 Å². The van der Waals surface area contributed by atoms with Crippen molar-refractivity contribution >= 4 is 29.9 Å². The van der Waals surface area contributed by atoms with Crippen molar-refractivity contribution in [2.75, 3.05) is 53.0 Å². The number of nitrogens with zero attached hydrogens (tertiary/aromatic N) is 2. The number of benzene rings is 1. The number of aliphatic imine (C=N–C) groups is 1. The standard InChI is InChI=1S/C23H38N4O3.HI/c1-3-24-23(25-12-7-13-27-14-16-29-17-15-27)26-18-19-8-6-11-21(28-2)22(19)30-20-9-4-5-10-20;/h6,8,11,20H,3-5,7,9-10,12-18H2,1-2H3,(H2,24,25,26);1H. The molecule has 8 heteroatoms. The van der Waals surface area contributed by atoms with Crippen molar-refractivity contribution in [1.82, 2.24) is 15.5 Å². The Hall–Kier alpha value is -1.26. The van der Waals surface area contributed by atoms with Crippen molar-refractivity contribution in [2.45, 2.75) is 51.7 Å². The number of hydrogen-bond acceptors (Lipinski definition) is 5. The number of morpholine rings is 1. The molecule has 0 spiro atoms. The maximum atomic E-state index is 6.34. The molecule has 0 aromatic heterocycles. The first-order valence-electron chi connectivity index (χ1n) is 11.4. The van der Waals surface area contributed by atoms with Gasteiger partial charge in [0.05, 0.1) is 33.0 Å². The summed E-state index contributed by atoms with van der Waals surface area (Å²) in [4.78, 5) is 7.26. The molecule has 176 valence electrons. The van der Waals surface area contributed by atoms with E-state index in [0.29, 0.717) is 6.54 Å².